The summed E-state index contributed by atoms with van der Waals surface area (Å²) in [6.07, 6.45) is 0. The molecule has 7 nitrogen and oxygen atoms in total. The Morgan fingerprint density at radius 2 is 1.52 bits per heavy atom. The second-order valence-electron chi connectivity index (χ2n) is 7.05. The monoisotopic (exact) mass is 474 g/mol. The Bertz CT molecular complexity index is 1120. The lowest BCUT2D eigenvalue weighted by Crippen LogP contribution is -2.11. The van der Waals surface area contributed by atoms with Crippen LogP contribution in [0.5, 0.6) is 0 Å². The number of nitrogens with zero attached hydrogens (tertiary/aromatic N) is 2. The molecule has 1 aromatic heterocycles. The average Bonchev–Trinajstić information content (AvgIpc) is 3.16. The lowest BCUT2D eigenvalue weighted by Gasteiger charge is -2.10. The van der Waals surface area contributed by atoms with Gasteiger partial charge in [0.2, 0.25) is 5.89 Å². The van der Waals surface area contributed by atoms with Crippen molar-refractivity contribution in [3.05, 3.63) is 71.1 Å². The van der Waals surface area contributed by atoms with E-state index >= 15 is 0 Å². The fraction of sp³-hybridized carbons (Fsp3) is 0.360. The third-order valence-corrected chi connectivity index (χ3v) is 6.02. The fourth-order valence-corrected chi connectivity index (χ4v) is 4.22. The Hall–Kier alpha value is -2.97. The van der Waals surface area contributed by atoms with Gasteiger partial charge < -0.3 is 14.4 Å². The van der Waals surface area contributed by atoms with Gasteiger partial charge in [-0.25, -0.2) is 18.2 Å². The number of carboxylic acid groups (broad SMARTS) is 1. The molecule has 33 heavy (non-hydrogen) atoms. The molecule has 2 aromatic carbocycles. The number of carboxylic acids is 1. The van der Waals surface area contributed by atoms with Gasteiger partial charge in [-0.15, -0.1) is 0 Å². The Labute approximate surface area is 197 Å². The first-order valence-corrected chi connectivity index (χ1v) is 12.6. The Morgan fingerprint density at radius 3 is 2.00 bits per heavy atom. The van der Waals surface area contributed by atoms with Gasteiger partial charge in [-0.3, -0.25) is 0 Å². The van der Waals surface area contributed by atoms with Crippen LogP contribution in [0.25, 0.3) is 11.5 Å². The van der Waals surface area contributed by atoms with Crippen LogP contribution in [-0.2, 0) is 22.1 Å². The predicted octanol–water partition coefficient (Wildman–Crippen LogP) is 5.44. The molecule has 8 heteroatoms. The van der Waals surface area contributed by atoms with Crippen molar-refractivity contribution >= 4 is 15.8 Å². The molecule has 180 valence electrons. The van der Waals surface area contributed by atoms with Crippen LogP contribution in [0.1, 0.15) is 55.1 Å². The second-order valence-corrected chi connectivity index (χ2v) is 9.03. The molecule has 3 rings (SSSR count). The molecule has 1 N–H and O–H groups in total. The highest BCUT2D eigenvalue weighted by molar-refractivity contribution is 7.90. The van der Waals surface area contributed by atoms with Crippen LogP contribution < -0.4 is 0 Å². The summed E-state index contributed by atoms with van der Waals surface area (Å²) in [5, 5.41) is 8.98. The maximum absolute atomic E-state index is 12.8. The lowest BCUT2D eigenvalue weighted by molar-refractivity contribution is 0.0697. The first-order valence-electron chi connectivity index (χ1n) is 10.9. The minimum Gasteiger partial charge on any atom is -0.478 e. The highest BCUT2D eigenvalue weighted by atomic mass is 32.2. The maximum Gasteiger partial charge on any atom is 0.335 e. The van der Waals surface area contributed by atoms with E-state index in [4.69, 9.17) is 9.52 Å². The van der Waals surface area contributed by atoms with Crippen LogP contribution in [0.15, 0.2) is 57.8 Å². The second kappa shape index (κ2) is 12.9. The minimum absolute atomic E-state index is 0.151. The van der Waals surface area contributed by atoms with Gasteiger partial charge >= 0.3 is 5.97 Å². The quantitative estimate of drug-likeness (QED) is 0.487. The summed E-state index contributed by atoms with van der Waals surface area (Å²) in [4.78, 5) is 17.5. The molecule has 0 spiro atoms. The Kier molecular flexibility index (Phi) is 11.0. The van der Waals surface area contributed by atoms with Crippen molar-refractivity contribution in [3.63, 3.8) is 0 Å². The van der Waals surface area contributed by atoms with Crippen molar-refractivity contribution in [3.8, 4) is 11.5 Å². The number of aryl methyl sites for hydroxylation is 1. The van der Waals surface area contributed by atoms with E-state index in [9.17, 15) is 13.2 Å². The number of hydrogen-bond donors (Lipinski definition) is 1. The summed E-state index contributed by atoms with van der Waals surface area (Å²) >= 11 is 0. The zero-order chi connectivity index (χ0) is 25.2. The molecule has 0 unspecified atom stereocenters. The van der Waals surface area contributed by atoms with E-state index in [2.05, 4.69) is 4.98 Å². The first kappa shape index (κ1) is 28.1. The summed E-state index contributed by atoms with van der Waals surface area (Å²) in [6, 6.07) is 12.9. The van der Waals surface area contributed by atoms with Crippen LogP contribution in [0, 0.1) is 6.92 Å². The molecule has 0 saturated heterocycles. The molecule has 0 fully saturated rings. The van der Waals surface area contributed by atoms with Gasteiger partial charge in [0.25, 0.3) is 0 Å². The molecule has 0 amide bonds. The van der Waals surface area contributed by atoms with E-state index in [1.54, 1.807) is 43.3 Å². The van der Waals surface area contributed by atoms with Gasteiger partial charge in [-0.05, 0) is 63.0 Å². The van der Waals surface area contributed by atoms with Gasteiger partial charge in [0.05, 0.1) is 16.2 Å². The van der Waals surface area contributed by atoms with Crippen molar-refractivity contribution in [2.75, 3.05) is 14.1 Å². The van der Waals surface area contributed by atoms with Gasteiger partial charge in [0.15, 0.2) is 9.84 Å². The van der Waals surface area contributed by atoms with E-state index < -0.39 is 15.8 Å². The molecule has 0 atom stereocenters. The number of benzene rings is 2. The smallest absolute Gasteiger partial charge is 0.335 e. The fourth-order valence-electron chi connectivity index (χ4n) is 2.87. The summed E-state index contributed by atoms with van der Waals surface area (Å²) < 4.78 is 31.2. The van der Waals surface area contributed by atoms with Crippen molar-refractivity contribution in [1.29, 1.82) is 0 Å². The third-order valence-electron chi connectivity index (χ3n) is 4.38. The van der Waals surface area contributed by atoms with E-state index in [1.165, 1.54) is 12.1 Å². The molecule has 0 bridgehead atoms. The summed E-state index contributed by atoms with van der Waals surface area (Å²) in [5.41, 5.74) is 2.09. The van der Waals surface area contributed by atoms with Crippen LogP contribution in [0.3, 0.4) is 0 Å². The Balaban J connectivity index is 0.00000129. The van der Waals surface area contributed by atoms with E-state index in [1.807, 2.05) is 46.7 Å². The highest BCUT2D eigenvalue weighted by Crippen LogP contribution is 2.25. The number of oxazole rings is 1. The number of aromatic nitrogens is 1. The Morgan fingerprint density at radius 1 is 0.970 bits per heavy atom. The summed E-state index contributed by atoms with van der Waals surface area (Å²) in [7, 11) is 0.317. The lowest BCUT2D eigenvalue weighted by atomic mass is 10.1. The van der Waals surface area contributed by atoms with E-state index in [0.29, 0.717) is 17.0 Å². The topological polar surface area (TPSA) is 101 Å². The molecule has 0 saturated carbocycles. The first-order chi connectivity index (χ1) is 15.7. The molecule has 0 radical (unpaired) electrons. The van der Waals surface area contributed by atoms with Crippen LogP contribution >= 0.6 is 0 Å². The number of aromatic carboxylic acids is 1. The number of sulfone groups is 1. The molecule has 0 aliphatic carbocycles. The summed E-state index contributed by atoms with van der Waals surface area (Å²) in [6.45, 7) is 10.4. The molecule has 0 aliphatic heterocycles. The number of carbonyl (C=O) groups is 1. The van der Waals surface area contributed by atoms with Crippen LogP contribution in [-0.4, -0.2) is 43.5 Å². The maximum atomic E-state index is 12.8. The SMILES string of the molecule is CC.CC.Cc1oc(-c2ccc(C(=O)O)cc2)nc1CS(=O)(=O)c1ccc(CN(C)C)cc1. The molecule has 3 aromatic rings. The van der Waals surface area contributed by atoms with Crippen molar-refractivity contribution in [2.24, 2.45) is 0 Å². The predicted molar refractivity (Wildman–Crippen MR) is 131 cm³/mol. The molecular weight excluding hydrogens is 440 g/mol. The van der Waals surface area contributed by atoms with Crippen molar-refractivity contribution < 1.29 is 22.7 Å². The zero-order valence-corrected chi connectivity index (χ0v) is 21.2. The van der Waals surface area contributed by atoms with E-state index in [-0.39, 0.29) is 22.1 Å². The standard InChI is InChI=1S/C21H22N2O5S.2C2H6/c1-14-19(22-20(28-14)16-6-8-17(9-7-16)21(24)25)13-29(26,27)18-10-4-15(5-11-18)12-23(2)3;2*1-2/h4-11H,12-13H2,1-3H3,(H,24,25);2*1-2H3. The summed E-state index contributed by atoms with van der Waals surface area (Å²) in [5.74, 6) is -0.632. The van der Waals surface area contributed by atoms with Gasteiger partial charge in [0.1, 0.15) is 11.5 Å². The highest BCUT2D eigenvalue weighted by Gasteiger charge is 2.21. The van der Waals surface area contributed by atoms with Crippen molar-refractivity contribution in [1.82, 2.24) is 9.88 Å². The average molecular weight is 475 g/mol. The zero-order valence-electron chi connectivity index (χ0n) is 20.4. The molecule has 0 aliphatic rings. The number of hydrogen-bond acceptors (Lipinski definition) is 6. The van der Waals surface area contributed by atoms with Gasteiger partial charge in [0, 0.05) is 12.1 Å². The third kappa shape index (κ3) is 7.83. The van der Waals surface area contributed by atoms with Crippen LogP contribution in [0.4, 0.5) is 0 Å². The largest absolute Gasteiger partial charge is 0.478 e. The number of rotatable bonds is 7. The minimum atomic E-state index is -3.58. The molecular formula is C25H34N2O5S. The van der Waals surface area contributed by atoms with E-state index in [0.717, 1.165) is 12.1 Å². The molecule has 1 heterocycles. The normalized spacial score (nSPS) is 10.7. The van der Waals surface area contributed by atoms with Gasteiger partial charge in [-0.2, -0.15) is 0 Å². The van der Waals surface area contributed by atoms with Gasteiger partial charge in [-0.1, -0.05) is 39.8 Å². The van der Waals surface area contributed by atoms with Crippen molar-refractivity contribution in [2.45, 2.75) is 51.8 Å². The van der Waals surface area contributed by atoms with Crippen LogP contribution in [0.2, 0.25) is 0 Å².